The van der Waals surface area contributed by atoms with Crippen molar-refractivity contribution >= 4 is 50.4 Å². The minimum Gasteiger partial charge on any atom is -0.381 e. The molecule has 4 aromatic rings. The lowest BCUT2D eigenvalue weighted by atomic mass is 9.97. The second kappa shape index (κ2) is 16.9. The Bertz CT molecular complexity index is 2170. The molecule has 3 aromatic carbocycles. The van der Waals surface area contributed by atoms with Crippen molar-refractivity contribution < 1.29 is 22.9 Å². The molecule has 8 rings (SSSR count). The van der Waals surface area contributed by atoms with Gasteiger partial charge in [0.05, 0.1) is 9.82 Å². The summed E-state index contributed by atoms with van der Waals surface area (Å²) in [7, 11) is -4.37. The number of hydrogen-bond acceptors (Lipinski definition) is 10. The molecule has 2 atom stereocenters. The summed E-state index contributed by atoms with van der Waals surface area (Å²) < 4.78 is 33.8. The van der Waals surface area contributed by atoms with E-state index in [4.69, 9.17) is 4.74 Å². The number of carbonyl (C=O) groups excluding carboxylic acids is 1. The van der Waals surface area contributed by atoms with E-state index in [0.29, 0.717) is 25.7 Å². The Labute approximate surface area is 333 Å². The number of sulfonamides is 1. The van der Waals surface area contributed by atoms with Crippen molar-refractivity contribution in [3.05, 3.63) is 111 Å². The molecular weight excluding hydrogens is 747 g/mol. The number of amides is 1. The molecule has 4 fully saturated rings. The van der Waals surface area contributed by atoms with Gasteiger partial charge in [-0.3, -0.25) is 19.8 Å². The molecule has 2 N–H and O–H groups in total. The number of carbonyl (C=O) groups is 1. The standard InChI is InChI=1S/C43H49N5O6S2/c49-43(45-56(52,53)38-15-16-40(41(27-38)48(50)51)44-28-31-20-24-54-25-21-31)32-8-10-34(11-9-32)46-22-18-30(19-23-46)26-33-4-1-2-7-39(33)42-17-14-37(55-42)29-47-35-5-3-6-36(47)13-12-35/h1-2,4,7-11,14-17,26-27,31,35-36,44H,3,5-6,12-13,18-25,28-29H2,(H,45,49). The Morgan fingerprint density at radius 3 is 2.38 bits per heavy atom. The minimum absolute atomic E-state index is 0.177. The van der Waals surface area contributed by atoms with E-state index < -0.39 is 20.9 Å². The maximum atomic E-state index is 13.2. The largest absolute Gasteiger partial charge is 0.381 e. The first-order valence-corrected chi connectivity index (χ1v) is 22.2. The number of nitro groups is 1. The number of hydrogen-bond donors (Lipinski definition) is 2. The van der Waals surface area contributed by atoms with Crippen LogP contribution in [0, 0.1) is 16.0 Å². The molecule has 11 nitrogen and oxygen atoms in total. The van der Waals surface area contributed by atoms with Gasteiger partial charge < -0.3 is 15.0 Å². The summed E-state index contributed by atoms with van der Waals surface area (Å²) in [5, 5.41) is 14.9. The molecule has 1 amide bonds. The van der Waals surface area contributed by atoms with E-state index in [2.05, 4.69) is 62.3 Å². The van der Waals surface area contributed by atoms with E-state index in [-0.39, 0.29) is 21.8 Å². The highest BCUT2D eigenvalue weighted by Gasteiger charge is 2.36. The monoisotopic (exact) mass is 795 g/mol. The lowest BCUT2D eigenvalue weighted by molar-refractivity contribution is -0.384. The van der Waals surface area contributed by atoms with Gasteiger partial charge in [-0.1, -0.05) is 42.3 Å². The Balaban J connectivity index is 0.866. The number of rotatable bonds is 12. The van der Waals surface area contributed by atoms with E-state index >= 15 is 0 Å². The summed E-state index contributed by atoms with van der Waals surface area (Å²) in [6.07, 6.45) is 12.7. The summed E-state index contributed by atoms with van der Waals surface area (Å²) in [5.74, 6) is -0.496. The zero-order valence-electron chi connectivity index (χ0n) is 31.5. The molecule has 0 spiro atoms. The maximum absolute atomic E-state index is 13.2. The molecule has 1 aromatic heterocycles. The van der Waals surface area contributed by atoms with Crippen LogP contribution in [-0.4, -0.2) is 69.1 Å². The maximum Gasteiger partial charge on any atom is 0.293 e. The van der Waals surface area contributed by atoms with Gasteiger partial charge in [-0.25, -0.2) is 13.1 Å². The smallest absolute Gasteiger partial charge is 0.293 e. The fourth-order valence-corrected chi connectivity index (χ4v) is 10.8. The second-order valence-corrected chi connectivity index (χ2v) is 18.3. The fourth-order valence-electron chi connectivity index (χ4n) is 8.78. The van der Waals surface area contributed by atoms with Gasteiger partial charge in [0.1, 0.15) is 5.69 Å². The van der Waals surface area contributed by atoms with Crippen LogP contribution in [0.15, 0.2) is 89.3 Å². The van der Waals surface area contributed by atoms with Gasteiger partial charge in [-0.15, -0.1) is 11.3 Å². The van der Waals surface area contributed by atoms with Crippen molar-refractivity contribution in [1.29, 1.82) is 0 Å². The van der Waals surface area contributed by atoms with Crippen LogP contribution in [0.25, 0.3) is 16.5 Å². The molecule has 4 aliphatic heterocycles. The number of piperidine rings is 2. The van der Waals surface area contributed by atoms with Crippen LogP contribution in [0.4, 0.5) is 17.1 Å². The molecule has 0 saturated carbocycles. The zero-order valence-corrected chi connectivity index (χ0v) is 33.2. The third kappa shape index (κ3) is 8.71. The summed E-state index contributed by atoms with van der Waals surface area (Å²) in [6, 6.07) is 25.4. The predicted molar refractivity (Wildman–Crippen MR) is 222 cm³/mol. The molecule has 4 saturated heterocycles. The zero-order chi connectivity index (χ0) is 38.6. The van der Waals surface area contributed by atoms with Crippen LogP contribution < -0.4 is 14.9 Å². The topological polar surface area (TPSA) is 134 Å². The Kier molecular flexibility index (Phi) is 11.6. The van der Waals surface area contributed by atoms with E-state index in [0.717, 1.165) is 69.2 Å². The fraction of sp³-hybridized carbons (Fsp3) is 0.419. The first-order valence-electron chi connectivity index (χ1n) is 19.9. The van der Waals surface area contributed by atoms with E-state index in [1.54, 1.807) is 12.1 Å². The Morgan fingerprint density at radius 2 is 1.64 bits per heavy atom. The minimum atomic E-state index is -4.37. The van der Waals surface area contributed by atoms with Gasteiger partial charge in [0.2, 0.25) is 0 Å². The van der Waals surface area contributed by atoms with E-state index in [9.17, 15) is 23.3 Å². The van der Waals surface area contributed by atoms with Crippen molar-refractivity contribution in [1.82, 2.24) is 9.62 Å². The summed E-state index contributed by atoms with van der Waals surface area (Å²) in [6.45, 7) is 4.54. The summed E-state index contributed by atoms with van der Waals surface area (Å²) >= 11 is 1.93. The number of benzene rings is 3. The molecule has 13 heteroatoms. The molecule has 294 valence electrons. The van der Waals surface area contributed by atoms with Crippen molar-refractivity contribution in [3.63, 3.8) is 0 Å². The third-order valence-electron chi connectivity index (χ3n) is 12.0. The van der Waals surface area contributed by atoms with E-state index in [1.807, 2.05) is 23.5 Å². The van der Waals surface area contributed by atoms with Crippen LogP contribution in [0.3, 0.4) is 0 Å². The molecule has 0 aliphatic carbocycles. The molecule has 56 heavy (non-hydrogen) atoms. The lowest BCUT2D eigenvalue weighted by Gasteiger charge is -2.34. The second-order valence-electron chi connectivity index (χ2n) is 15.5. The van der Waals surface area contributed by atoms with Gasteiger partial charge in [0, 0.05) is 78.5 Å². The molecule has 5 heterocycles. The van der Waals surface area contributed by atoms with Crippen LogP contribution in [0.2, 0.25) is 0 Å². The van der Waals surface area contributed by atoms with E-state index in [1.165, 1.54) is 70.7 Å². The highest BCUT2D eigenvalue weighted by atomic mass is 32.2. The first-order chi connectivity index (χ1) is 27.2. The van der Waals surface area contributed by atoms with Gasteiger partial charge in [-0.2, -0.15) is 0 Å². The van der Waals surface area contributed by atoms with Crippen LogP contribution in [-0.2, 0) is 21.3 Å². The first kappa shape index (κ1) is 38.3. The number of fused-ring (bicyclic) bond motifs is 2. The molecule has 0 radical (unpaired) electrons. The summed E-state index contributed by atoms with van der Waals surface area (Å²) in [5.41, 5.74) is 4.93. The predicted octanol–water partition coefficient (Wildman–Crippen LogP) is 8.48. The van der Waals surface area contributed by atoms with Crippen LogP contribution in [0.1, 0.15) is 78.6 Å². The van der Waals surface area contributed by atoms with Gasteiger partial charge in [0.15, 0.2) is 0 Å². The molecular formula is C43H49N5O6S2. The number of nitrogens with one attached hydrogen (secondary N) is 2. The highest BCUT2D eigenvalue weighted by molar-refractivity contribution is 7.90. The van der Waals surface area contributed by atoms with Crippen molar-refractivity contribution in [2.75, 3.05) is 43.1 Å². The normalized spacial score (nSPS) is 20.5. The van der Waals surface area contributed by atoms with Crippen molar-refractivity contribution in [2.45, 2.75) is 81.3 Å². The van der Waals surface area contributed by atoms with Crippen LogP contribution >= 0.6 is 11.3 Å². The van der Waals surface area contributed by atoms with Gasteiger partial charge in [-0.05, 0) is 117 Å². The summed E-state index contributed by atoms with van der Waals surface area (Å²) in [4.78, 5) is 31.8. The average Bonchev–Trinajstić information content (AvgIpc) is 3.76. The number of anilines is 2. The number of thiophene rings is 1. The molecule has 2 bridgehead atoms. The molecule has 2 unspecified atom stereocenters. The Morgan fingerprint density at radius 1 is 0.911 bits per heavy atom. The SMILES string of the molecule is O=C(NS(=O)(=O)c1ccc(NCC2CCOCC2)c([N+](=O)[O-])c1)c1ccc(N2CCC(=Cc3ccccc3-c3ccc(CN4C5CCCC4CC5)s3)CC2)cc1. The molecule has 4 aliphatic rings. The third-order valence-corrected chi connectivity index (χ3v) is 14.4. The average molecular weight is 796 g/mol. The van der Waals surface area contributed by atoms with Crippen molar-refractivity contribution in [3.8, 4) is 10.4 Å². The van der Waals surface area contributed by atoms with Gasteiger partial charge in [0.25, 0.3) is 21.6 Å². The Hall–Kier alpha value is -4.56. The number of ether oxygens (including phenoxy) is 1. The van der Waals surface area contributed by atoms with Crippen molar-refractivity contribution in [2.24, 2.45) is 5.92 Å². The van der Waals surface area contributed by atoms with Gasteiger partial charge >= 0.3 is 0 Å². The quantitative estimate of drug-likeness (QED) is 0.107. The lowest BCUT2D eigenvalue weighted by Crippen LogP contribution is -2.38. The van der Waals surface area contributed by atoms with Crippen LogP contribution in [0.5, 0.6) is 0 Å². The number of nitro benzene ring substituents is 1. The highest BCUT2D eigenvalue weighted by Crippen LogP contribution is 2.39. The number of nitrogens with zero attached hydrogens (tertiary/aromatic N) is 3.